The fourth-order valence-electron chi connectivity index (χ4n) is 3.65. The van der Waals surface area contributed by atoms with Crippen molar-refractivity contribution >= 4 is 42.0 Å². The number of carboxylic acid groups (broad SMARTS) is 1. The first-order chi connectivity index (χ1) is 13.5. The van der Waals surface area contributed by atoms with Crippen LogP contribution in [0, 0.1) is 0 Å². The zero-order chi connectivity index (χ0) is 19.9. The Labute approximate surface area is 187 Å². The molecule has 1 spiro atoms. The monoisotopic (exact) mass is 402 g/mol. The average Bonchev–Trinajstić information content (AvgIpc) is 2.96. The molecule has 0 saturated heterocycles. The van der Waals surface area contributed by atoms with Crippen LogP contribution in [-0.4, -0.2) is 57.3 Å². The molecule has 2 aliphatic rings. The van der Waals surface area contributed by atoms with E-state index in [4.69, 9.17) is 19.4 Å². The molecule has 0 amide bonds. The van der Waals surface area contributed by atoms with Crippen LogP contribution < -0.4 is 4.74 Å². The van der Waals surface area contributed by atoms with E-state index in [1.54, 1.807) is 24.3 Å². The molecule has 3 aromatic carbocycles. The van der Waals surface area contributed by atoms with Crippen molar-refractivity contribution in [1.82, 2.24) is 0 Å². The fourth-order valence-corrected chi connectivity index (χ4v) is 3.65. The van der Waals surface area contributed by atoms with Gasteiger partial charge in [0, 0.05) is 28.8 Å². The van der Waals surface area contributed by atoms with Crippen molar-refractivity contribution in [3.05, 3.63) is 82.9 Å². The standard InChI is InChI=1S/C20H12O5.CH2O2.Na.H/c21-11-5-7-15-17(9-11)24-18-10-12(22)6-8-16(18)20(15)14-4-2-1-3-13(14)19(23)25-20;2-1-3;;/h1-10,21-22H;1H,(H,2,3);;. The van der Waals surface area contributed by atoms with E-state index in [2.05, 4.69) is 0 Å². The van der Waals surface area contributed by atoms with Gasteiger partial charge < -0.3 is 24.8 Å². The normalized spacial score (nSPS) is 14.0. The van der Waals surface area contributed by atoms with E-state index in [1.807, 2.05) is 12.1 Å². The number of rotatable bonds is 0. The van der Waals surface area contributed by atoms with Gasteiger partial charge in [-0.2, -0.15) is 0 Å². The van der Waals surface area contributed by atoms with Gasteiger partial charge in [0.05, 0.1) is 5.56 Å². The van der Waals surface area contributed by atoms with Crippen molar-refractivity contribution in [3.8, 4) is 23.0 Å². The van der Waals surface area contributed by atoms with Gasteiger partial charge >= 0.3 is 35.5 Å². The van der Waals surface area contributed by atoms with Crippen LogP contribution in [-0.2, 0) is 15.1 Å². The molecule has 29 heavy (non-hydrogen) atoms. The van der Waals surface area contributed by atoms with Gasteiger partial charge in [-0.05, 0) is 30.3 Å². The van der Waals surface area contributed by atoms with Crippen molar-refractivity contribution < 1.29 is 34.4 Å². The number of fused-ring (bicyclic) bond motifs is 6. The molecule has 0 radical (unpaired) electrons. The third-order valence-electron chi connectivity index (χ3n) is 4.68. The van der Waals surface area contributed by atoms with Crippen LogP contribution in [0.1, 0.15) is 27.0 Å². The van der Waals surface area contributed by atoms with E-state index in [1.165, 1.54) is 24.3 Å². The molecule has 7 nitrogen and oxygen atoms in total. The second-order valence-corrected chi connectivity index (χ2v) is 6.18. The Balaban J connectivity index is 0.000000568. The molecule has 0 aliphatic carbocycles. The molecule has 2 heterocycles. The Bertz CT molecular complexity index is 1060. The summed E-state index contributed by atoms with van der Waals surface area (Å²) in [5.74, 6) is 0.408. The van der Waals surface area contributed by atoms with Gasteiger partial charge in [0.1, 0.15) is 23.0 Å². The second kappa shape index (κ2) is 7.79. The summed E-state index contributed by atoms with van der Waals surface area (Å²) in [6.07, 6.45) is 0. The number of aromatic hydroxyl groups is 2. The summed E-state index contributed by atoms with van der Waals surface area (Å²) in [4.78, 5) is 20.9. The van der Waals surface area contributed by atoms with Gasteiger partial charge in [-0.1, -0.05) is 18.2 Å². The number of phenols is 2. The van der Waals surface area contributed by atoms with Gasteiger partial charge in [0.2, 0.25) is 0 Å². The van der Waals surface area contributed by atoms with E-state index in [0.29, 0.717) is 33.8 Å². The summed E-state index contributed by atoms with van der Waals surface area (Å²) >= 11 is 0. The van der Waals surface area contributed by atoms with Crippen LogP contribution in [0.5, 0.6) is 23.0 Å². The van der Waals surface area contributed by atoms with Crippen LogP contribution >= 0.6 is 0 Å². The Kier molecular flexibility index (Phi) is 5.57. The number of phenolic OH excluding ortho intramolecular Hbond substituents is 2. The van der Waals surface area contributed by atoms with Crippen LogP contribution in [0.4, 0.5) is 0 Å². The van der Waals surface area contributed by atoms with Gasteiger partial charge in [-0.25, -0.2) is 4.79 Å². The van der Waals surface area contributed by atoms with Crippen molar-refractivity contribution in [2.24, 2.45) is 0 Å². The molecule has 3 N–H and O–H groups in total. The summed E-state index contributed by atoms with van der Waals surface area (Å²) in [5.41, 5.74) is 1.28. The summed E-state index contributed by atoms with van der Waals surface area (Å²) < 4.78 is 11.8. The van der Waals surface area contributed by atoms with Crippen LogP contribution in [0.2, 0.25) is 0 Å². The predicted molar refractivity (Wildman–Crippen MR) is 104 cm³/mol. The summed E-state index contributed by atoms with van der Waals surface area (Å²) in [6.45, 7) is -0.250. The van der Waals surface area contributed by atoms with Crippen molar-refractivity contribution in [2.45, 2.75) is 5.60 Å². The molecule has 3 aromatic rings. The minimum atomic E-state index is -1.17. The average molecular weight is 402 g/mol. The molecule has 0 aromatic heterocycles. The molecule has 0 bridgehead atoms. The van der Waals surface area contributed by atoms with Gasteiger partial charge in [0.25, 0.3) is 6.47 Å². The SMILES string of the molecule is O=C1OC2(c3ccc(O)cc3Oc3cc(O)ccc32)c2ccccc21.O=CO.[NaH]. The summed E-state index contributed by atoms with van der Waals surface area (Å²) in [6, 6.07) is 16.6. The van der Waals surface area contributed by atoms with Crippen LogP contribution in [0.3, 0.4) is 0 Å². The van der Waals surface area contributed by atoms with Crippen molar-refractivity contribution in [2.75, 3.05) is 0 Å². The molecule has 5 rings (SSSR count). The fraction of sp³-hybridized carbons (Fsp3) is 0.0476. The van der Waals surface area contributed by atoms with E-state index in [-0.39, 0.29) is 47.5 Å². The summed E-state index contributed by atoms with van der Waals surface area (Å²) in [5, 5.41) is 26.6. The first kappa shape index (κ1) is 20.7. The molecular formula is C21H15NaO7. The number of carbonyl (C=O) groups excluding carboxylic acids is 1. The first-order valence-corrected chi connectivity index (χ1v) is 8.27. The topological polar surface area (TPSA) is 113 Å². The van der Waals surface area contributed by atoms with Crippen LogP contribution in [0.15, 0.2) is 60.7 Å². The number of hydrogen-bond donors (Lipinski definition) is 3. The third-order valence-corrected chi connectivity index (χ3v) is 4.68. The van der Waals surface area contributed by atoms with Crippen molar-refractivity contribution in [1.29, 1.82) is 0 Å². The Hall–Kier alpha value is -3.00. The molecule has 0 fully saturated rings. The number of esters is 1. The summed E-state index contributed by atoms with van der Waals surface area (Å²) in [7, 11) is 0. The number of carbonyl (C=O) groups is 2. The Morgan fingerprint density at radius 2 is 1.34 bits per heavy atom. The van der Waals surface area contributed by atoms with Crippen molar-refractivity contribution in [3.63, 3.8) is 0 Å². The zero-order valence-electron chi connectivity index (χ0n) is 14.3. The molecule has 2 aliphatic heterocycles. The first-order valence-electron chi connectivity index (χ1n) is 8.27. The quantitative estimate of drug-likeness (QED) is 0.301. The third kappa shape index (κ3) is 3.13. The van der Waals surface area contributed by atoms with E-state index in [9.17, 15) is 15.0 Å². The molecule has 8 heteroatoms. The van der Waals surface area contributed by atoms with Gasteiger partial charge in [-0.3, -0.25) is 4.79 Å². The van der Waals surface area contributed by atoms with Gasteiger partial charge in [0.15, 0.2) is 5.60 Å². The van der Waals surface area contributed by atoms with E-state index < -0.39 is 11.6 Å². The second-order valence-electron chi connectivity index (χ2n) is 6.18. The zero-order valence-corrected chi connectivity index (χ0v) is 14.3. The number of ether oxygens (including phenoxy) is 2. The predicted octanol–water partition coefficient (Wildman–Crippen LogP) is 2.72. The Morgan fingerprint density at radius 1 is 0.828 bits per heavy atom. The molecule has 0 unspecified atom stereocenters. The minimum absolute atomic E-state index is 0. The van der Waals surface area contributed by atoms with E-state index >= 15 is 0 Å². The molecule has 0 atom stereocenters. The maximum atomic E-state index is 12.5. The van der Waals surface area contributed by atoms with E-state index in [0.717, 1.165) is 0 Å². The maximum absolute atomic E-state index is 12.5. The molecule has 0 saturated carbocycles. The number of hydrogen-bond acceptors (Lipinski definition) is 6. The molecular weight excluding hydrogens is 387 g/mol. The molecule has 142 valence electrons. The Morgan fingerprint density at radius 3 is 1.90 bits per heavy atom. The van der Waals surface area contributed by atoms with Crippen LogP contribution in [0.25, 0.3) is 0 Å². The number of benzene rings is 3. The van der Waals surface area contributed by atoms with Gasteiger partial charge in [-0.15, -0.1) is 0 Å².